The molecule has 0 radical (unpaired) electrons. The van der Waals surface area contributed by atoms with Gasteiger partial charge in [0.1, 0.15) is 5.65 Å². The molecule has 6 heteroatoms. The first kappa shape index (κ1) is 20.3. The van der Waals surface area contributed by atoms with Gasteiger partial charge in [-0.1, -0.05) is 18.2 Å². The van der Waals surface area contributed by atoms with Gasteiger partial charge in [0, 0.05) is 17.4 Å². The largest absolute Gasteiger partial charge is 0.478 e. The second kappa shape index (κ2) is 8.07. The Morgan fingerprint density at radius 3 is 2.55 bits per heavy atom. The summed E-state index contributed by atoms with van der Waals surface area (Å²) in [5.74, 6) is -1.28. The first-order chi connectivity index (χ1) is 14.8. The molecule has 0 aliphatic heterocycles. The van der Waals surface area contributed by atoms with E-state index >= 15 is 0 Å². The number of carboxylic acids is 1. The van der Waals surface area contributed by atoms with Gasteiger partial charge in [0.2, 0.25) is 5.91 Å². The predicted molar refractivity (Wildman–Crippen MR) is 121 cm³/mol. The van der Waals surface area contributed by atoms with Crippen molar-refractivity contribution in [2.45, 2.75) is 27.2 Å². The van der Waals surface area contributed by atoms with Gasteiger partial charge in [0.25, 0.3) is 0 Å². The minimum atomic E-state index is -1.04. The van der Waals surface area contributed by atoms with Crippen LogP contribution >= 0.6 is 0 Å². The van der Waals surface area contributed by atoms with Gasteiger partial charge in [-0.15, -0.1) is 0 Å². The number of aromatic carboxylic acids is 1. The Bertz CT molecular complexity index is 1320. The molecule has 156 valence electrons. The number of imidazole rings is 1. The number of aromatic nitrogens is 2. The van der Waals surface area contributed by atoms with E-state index in [9.17, 15) is 14.7 Å². The van der Waals surface area contributed by atoms with E-state index in [2.05, 4.69) is 31.3 Å². The van der Waals surface area contributed by atoms with Crippen LogP contribution in [0.4, 0.5) is 5.69 Å². The van der Waals surface area contributed by atoms with Crippen LogP contribution in [0.3, 0.4) is 0 Å². The maximum atomic E-state index is 12.9. The molecule has 1 amide bonds. The van der Waals surface area contributed by atoms with Gasteiger partial charge >= 0.3 is 5.97 Å². The van der Waals surface area contributed by atoms with E-state index in [1.165, 1.54) is 17.7 Å². The first-order valence-corrected chi connectivity index (χ1v) is 10.0. The Hall–Kier alpha value is -3.93. The van der Waals surface area contributed by atoms with Crippen LogP contribution in [-0.2, 0) is 11.2 Å². The predicted octanol–water partition coefficient (Wildman–Crippen LogP) is 4.81. The number of carbonyl (C=O) groups is 2. The average Bonchev–Trinajstić information content (AvgIpc) is 3.07. The third-order valence-electron chi connectivity index (χ3n) is 5.38. The molecule has 4 aromatic rings. The smallest absolute Gasteiger partial charge is 0.335 e. The number of amides is 1. The van der Waals surface area contributed by atoms with Crippen molar-refractivity contribution in [1.82, 2.24) is 9.38 Å². The second-order valence-electron chi connectivity index (χ2n) is 7.75. The van der Waals surface area contributed by atoms with Gasteiger partial charge in [-0.3, -0.25) is 4.79 Å². The number of benzene rings is 2. The van der Waals surface area contributed by atoms with Crippen LogP contribution in [0.15, 0.2) is 60.8 Å². The Balaban J connectivity index is 1.72. The highest BCUT2D eigenvalue weighted by Gasteiger charge is 2.18. The molecule has 0 atom stereocenters. The van der Waals surface area contributed by atoms with Crippen molar-refractivity contribution in [2.75, 3.05) is 5.32 Å². The molecule has 2 aromatic heterocycles. The van der Waals surface area contributed by atoms with Crippen molar-refractivity contribution in [1.29, 1.82) is 0 Å². The van der Waals surface area contributed by atoms with E-state index in [0.29, 0.717) is 5.69 Å². The van der Waals surface area contributed by atoms with Crippen LogP contribution in [0.2, 0.25) is 0 Å². The van der Waals surface area contributed by atoms with Crippen LogP contribution in [0.1, 0.15) is 32.7 Å². The van der Waals surface area contributed by atoms with E-state index in [-0.39, 0.29) is 17.9 Å². The molecule has 0 aliphatic carbocycles. The zero-order valence-corrected chi connectivity index (χ0v) is 17.6. The molecule has 0 spiro atoms. The number of hydrogen-bond acceptors (Lipinski definition) is 3. The number of carboxylic acid groups (broad SMARTS) is 1. The molecule has 4 rings (SSSR count). The Morgan fingerprint density at radius 2 is 1.81 bits per heavy atom. The normalized spacial score (nSPS) is 10.9. The number of nitrogens with zero attached hydrogens (tertiary/aromatic N) is 2. The summed E-state index contributed by atoms with van der Waals surface area (Å²) in [7, 11) is 0. The fourth-order valence-corrected chi connectivity index (χ4v) is 3.57. The summed E-state index contributed by atoms with van der Waals surface area (Å²) in [5.41, 5.74) is 7.30. The van der Waals surface area contributed by atoms with Crippen molar-refractivity contribution in [3.8, 4) is 11.3 Å². The highest BCUT2D eigenvalue weighted by atomic mass is 16.4. The SMILES string of the molecule is Cc1ccn2c(CC(=O)Nc3cccc(C(=O)O)c3)c(-c3ccc(C)c(C)c3)nc2c1. The maximum Gasteiger partial charge on any atom is 0.335 e. The van der Waals surface area contributed by atoms with Gasteiger partial charge in [0.15, 0.2) is 0 Å². The highest BCUT2D eigenvalue weighted by Crippen LogP contribution is 2.27. The Kier molecular flexibility index (Phi) is 5.29. The third-order valence-corrected chi connectivity index (χ3v) is 5.38. The van der Waals surface area contributed by atoms with Crippen LogP contribution in [0.25, 0.3) is 16.9 Å². The molecule has 2 heterocycles. The van der Waals surface area contributed by atoms with E-state index in [0.717, 1.165) is 33.7 Å². The van der Waals surface area contributed by atoms with Crippen molar-refractivity contribution in [2.24, 2.45) is 0 Å². The van der Waals surface area contributed by atoms with Crippen LogP contribution in [0.5, 0.6) is 0 Å². The van der Waals surface area contributed by atoms with Crippen LogP contribution < -0.4 is 5.32 Å². The zero-order valence-electron chi connectivity index (χ0n) is 17.6. The summed E-state index contributed by atoms with van der Waals surface area (Å²) in [6.07, 6.45) is 2.03. The lowest BCUT2D eigenvalue weighted by atomic mass is 10.0. The van der Waals surface area contributed by atoms with Gasteiger partial charge in [-0.2, -0.15) is 0 Å². The standard InChI is InChI=1S/C25H23N3O3/c1-15-9-10-28-21(14-23(29)26-20-6-4-5-19(13-20)25(30)31)24(27-22(28)11-15)18-8-7-16(2)17(3)12-18/h4-13H,14H2,1-3H3,(H,26,29)(H,30,31). The quantitative estimate of drug-likeness (QED) is 0.492. The van der Waals surface area contributed by atoms with Gasteiger partial charge in [0.05, 0.1) is 23.4 Å². The monoisotopic (exact) mass is 413 g/mol. The molecule has 0 unspecified atom stereocenters. The van der Waals surface area contributed by atoms with Gasteiger partial charge in [-0.05, 0) is 73.9 Å². The molecule has 6 nitrogen and oxygen atoms in total. The summed E-state index contributed by atoms with van der Waals surface area (Å²) in [4.78, 5) is 28.9. The van der Waals surface area contributed by atoms with Crippen molar-refractivity contribution in [3.63, 3.8) is 0 Å². The molecular weight excluding hydrogens is 390 g/mol. The summed E-state index contributed by atoms with van der Waals surface area (Å²) in [6, 6.07) is 16.4. The van der Waals surface area contributed by atoms with E-state index < -0.39 is 5.97 Å². The number of fused-ring (bicyclic) bond motifs is 1. The minimum absolute atomic E-state index is 0.101. The number of nitrogens with one attached hydrogen (secondary N) is 1. The molecule has 0 aliphatic rings. The van der Waals surface area contributed by atoms with Crippen molar-refractivity contribution in [3.05, 3.63) is 88.7 Å². The summed E-state index contributed by atoms with van der Waals surface area (Å²) in [6.45, 7) is 6.12. The number of aryl methyl sites for hydroxylation is 3. The van der Waals surface area contributed by atoms with Crippen LogP contribution in [-0.4, -0.2) is 26.4 Å². The Morgan fingerprint density at radius 1 is 1.00 bits per heavy atom. The lowest BCUT2D eigenvalue weighted by Crippen LogP contribution is -2.16. The average molecular weight is 413 g/mol. The molecule has 2 N–H and O–H groups in total. The molecule has 0 saturated heterocycles. The molecule has 0 saturated carbocycles. The van der Waals surface area contributed by atoms with E-state index in [1.54, 1.807) is 12.1 Å². The summed E-state index contributed by atoms with van der Waals surface area (Å²) < 4.78 is 1.94. The lowest BCUT2D eigenvalue weighted by molar-refractivity contribution is -0.115. The fraction of sp³-hybridized carbons (Fsp3) is 0.160. The minimum Gasteiger partial charge on any atom is -0.478 e. The summed E-state index contributed by atoms with van der Waals surface area (Å²) >= 11 is 0. The first-order valence-electron chi connectivity index (χ1n) is 10.0. The number of hydrogen-bond donors (Lipinski definition) is 2. The van der Waals surface area contributed by atoms with E-state index in [1.807, 2.05) is 35.7 Å². The van der Waals surface area contributed by atoms with E-state index in [4.69, 9.17) is 4.98 Å². The third kappa shape index (κ3) is 4.19. The van der Waals surface area contributed by atoms with Crippen LogP contribution in [0, 0.1) is 20.8 Å². The van der Waals surface area contributed by atoms with Crippen molar-refractivity contribution < 1.29 is 14.7 Å². The molecule has 0 fully saturated rings. The number of rotatable bonds is 5. The topological polar surface area (TPSA) is 83.7 Å². The summed E-state index contributed by atoms with van der Waals surface area (Å²) in [5, 5.41) is 12.0. The molecule has 2 aromatic carbocycles. The number of anilines is 1. The number of pyridine rings is 1. The number of carbonyl (C=O) groups excluding carboxylic acids is 1. The zero-order chi connectivity index (χ0) is 22.1. The molecule has 0 bridgehead atoms. The lowest BCUT2D eigenvalue weighted by Gasteiger charge is -2.09. The van der Waals surface area contributed by atoms with Crippen molar-refractivity contribution >= 4 is 23.2 Å². The molecule has 31 heavy (non-hydrogen) atoms. The van der Waals surface area contributed by atoms with Gasteiger partial charge in [-0.25, -0.2) is 9.78 Å². The second-order valence-corrected chi connectivity index (χ2v) is 7.75. The van der Waals surface area contributed by atoms with Gasteiger partial charge < -0.3 is 14.8 Å². The maximum absolute atomic E-state index is 12.9. The fourth-order valence-electron chi connectivity index (χ4n) is 3.57. The highest BCUT2D eigenvalue weighted by molar-refractivity contribution is 5.95. The molecular formula is C25H23N3O3. The Labute approximate surface area is 180 Å².